The molecule has 0 amide bonds. The summed E-state index contributed by atoms with van der Waals surface area (Å²) in [5.41, 5.74) is 0. The van der Waals surface area contributed by atoms with E-state index in [1.807, 2.05) is 5.92 Å². The Bertz CT molecular complexity index is 242. The molecule has 0 N–H and O–H groups in total. The minimum absolute atomic E-state index is 1.00. The standard InChI is InChI=1S/C7H5F3O2/c1-12-5-3-2-4-6(11)7(8,9)10/h3,5H,1H3/b5-3-. The lowest BCUT2D eigenvalue weighted by Gasteiger charge is -1.95. The maximum Gasteiger partial charge on any atom is 0.462 e. The third kappa shape index (κ3) is 4.39. The molecule has 0 unspecified atom stereocenters. The van der Waals surface area contributed by atoms with Crippen molar-refractivity contribution in [1.29, 1.82) is 0 Å². The Morgan fingerprint density at radius 3 is 2.50 bits per heavy atom. The van der Waals surface area contributed by atoms with Crippen molar-refractivity contribution in [3.8, 4) is 11.8 Å². The van der Waals surface area contributed by atoms with Crippen LogP contribution in [0.1, 0.15) is 0 Å². The van der Waals surface area contributed by atoms with Gasteiger partial charge in [-0.25, -0.2) is 0 Å². The molecule has 0 saturated carbocycles. The molecule has 0 aromatic rings. The van der Waals surface area contributed by atoms with Crippen LogP contribution in [-0.4, -0.2) is 19.1 Å². The number of carbonyl (C=O) groups excluding carboxylic acids is 1. The van der Waals surface area contributed by atoms with Crippen molar-refractivity contribution in [3.05, 3.63) is 12.3 Å². The van der Waals surface area contributed by atoms with Crippen LogP contribution < -0.4 is 0 Å². The number of allylic oxidation sites excluding steroid dienone is 1. The van der Waals surface area contributed by atoms with Gasteiger partial charge >= 0.3 is 12.0 Å². The first-order valence-corrected chi connectivity index (χ1v) is 2.79. The summed E-state index contributed by atoms with van der Waals surface area (Å²) in [6.45, 7) is 0. The molecule has 0 aromatic carbocycles. The zero-order valence-corrected chi connectivity index (χ0v) is 6.11. The summed E-state index contributed by atoms with van der Waals surface area (Å²) in [5.74, 6) is 1.18. The lowest BCUT2D eigenvalue weighted by molar-refractivity contribution is -0.164. The number of Topliss-reactive ketones (excluding diaryl/α,β-unsaturated/α-hetero) is 1. The second kappa shape index (κ2) is 4.44. The first kappa shape index (κ1) is 10.6. The van der Waals surface area contributed by atoms with Crippen molar-refractivity contribution >= 4 is 5.78 Å². The zero-order chi connectivity index (χ0) is 9.61. The average Bonchev–Trinajstić information content (AvgIpc) is 1.96. The van der Waals surface area contributed by atoms with Crippen molar-refractivity contribution in [1.82, 2.24) is 0 Å². The van der Waals surface area contributed by atoms with E-state index in [-0.39, 0.29) is 0 Å². The molecule has 5 heteroatoms. The molecule has 12 heavy (non-hydrogen) atoms. The van der Waals surface area contributed by atoms with Crippen LogP contribution in [0, 0.1) is 11.8 Å². The Hall–Kier alpha value is -1.44. The van der Waals surface area contributed by atoms with Crippen molar-refractivity contribution in [2.45, 2.75) is 6.18 Å². The smallest absolute Gasteiger partial charge is 0.462 e. The van der Waals surface area contributed by atoms with Gasteiger partial charge in [0.2, 0.25) is 0 Å². The molecule has 0 heterocycles. The highest BCUT2D eigenvalue weighted by Crippen LogP contribution is 2.14. The molecule has 0 aromatic heterocycles. The molecule has 0 aliphatic heterocycles. The number of hydrogen-bond donors (Lipinski definition) is 0. The molecule has 2 nitrogen and oxygen atoms in total. The third-order valence-electron chi connectivity index (χ3n) is 0.731. The highest BCUT2D eigenvalue weighted by atomic mass is 19.4. The Balaban J connectivity index is 4.15. The SMILES string of the molecule is CO/C=C\C#CC(=O)C(F)(F)F. The summed E-state index contributed by atoms with van der Waals surface area (Å²) >= 11 is 0. The number of halogens is 3. The lowest BCUT2D eigenvalue weighted by Crippen LogP contribution is -2.20. The van der Waals surface area contributed by atoms with Gasteiger partial charge in [0.1, 0.15) is 0 Å². The fraction of sp³-hybridized carbons (Fsp3) is 0.286. The second-order valence-electron chi connectivity index (χ2n) is 1.63. The molecular formula is C7H5F3O2. The number of ether oxygens (including phenoxy) is 1. The van der Waals surface area contributed by atoms with E-state index >= 15 is 0 Å². The third-order valence-corrected chi connectivity index (χ3v) is 0.731. The molecule has 0 bridgehead atoms. The van der Waals surface area contributed by atoms with Gasteiger partial charge in [0.25, 0.3) is 0 Å². The first-order valence-electron chi connectivity index (χ1n) is 2.79. The van der Waals surface area contributed by atoms with Crippen molar-refractivity contribution < 1.29 is 22.7 Å². The molecule has 0 radical (unpaired) electrons. The normalized spacial score (nSPS) is 10.7. The van der Waals surface area contributed by atoms with Crippen LogP contribution >= 0.6 is 0 Å². The average molecular weight is 178 g/mol. The Kier molecular flexibility index (Phi) is 3.91. The molecule has 0 atom stereocenters. The molecular weight excluding hydrogens is 173 g/mol. The van der Waals surface area contributed by atoms with Gasteiger partial charge in [0.15, 0.2) is 0 Å². The minimum Gasteiger partial charge on any atom is -0.504 e. The maximum absolute atomic E-state index is 11.5. The van der Waals surface area contributed by atoms with Gasteiger partial charge in [-0.1, -0.05) is 5.92 Å². The van der Waals surface area contributed by atoms with Gasteiger partial charge < -0.3 is 4.74 Å². The number of rotatable bonds is 1. The second-order valence-corrected chi connectivity index (χ2v) is 1.63. The molecule has 0 fully saturated rings. The topological polar surface area (TPSA) is 26.3 Å². The van der Waals surface area contributed by atoms with E-state index in [9.17, 15) is 18.0 Å². The fourth-order valence-electron chi connectivity index (χ4n) is 0.280. The number of hydrogen-bond acceptors (Lipinski definition) is 2. The Morgan fingerprint density at radius 1 is 1.50 bits per heavy atom. The van der Waals surface area contributed by atoms with Gasteiger partial charge in [-0.3, -0.25) is 4.79 Å². The number of alkyl halides is 3. The predicted octanol–water partition coefficient (Wildman–Crippen LogP) is 1.28. The van der Waals surface area contributed by atoms with Gasteiger partial charge in [-0.2, -0.15) is 13.2 Å². The molecule has 0 aliphatic carbocycles. The van der Waals surface area contributed by atoms with E-state index in [0.29, 0.717) is 0 Å². The number of methoxy groups -OCH3 is 1. The van der Waals surface area contributed by atoms with E-state index in [0.717, 1.165) is 12.3 Å². The predicted molar refractivity (Wildman–Crippen MR) is 35.0 cm³/mol. The summed E-state index contributed by atoms with van der Waals surface area (Å²) in [6, 6.07) is 0. The van der Waals surface area contributed by atoms with Crippen molar-refractivity contribution in [2.24, 2.45) is 0 Å². The zero-order valence-electron chi connectivity index (χ0n) is 6.11. The first-order chi connectivity index (χ1) is 5.48. The van der Waals surface area contributed by atoms with E-state index in [2.05, 4.69) is 4.74 Å². The summed E-state index contributed by atoms with van der Waals surface area (Å²) < 4.78 is 38.7. The fourth-order valence-corrected chi connectivity index (χ4v) is 0.280. The molecule has 0 rings (SSSR count). The van der Waals surface area contributed by atoms with Crippen LogP contribution in [0.2, 0.25) is 0 Å². The molecule has 66 valence electrons. The highest BCUT2D eigenvalue weighted by Gasteiger charge is 2.36. The highest BCUT2D eigenvalue weighted by molar-refractivity contribution is 5.99. The van der Waals surface area contributed by atoms with Crippen molar-refractivity contribution in [2.75, 3.05) is 7.11 Å². The number of carbonyl (C=O) groups is 1. The van der Waals surface area contributed by atoms with Gasteiger partial charge in [-0.15, -0.1) is 0 Å². The largest absolute Gasteiger partial charge is 0.504 e. The van der Waals surface area contributed by atoms with Gasteiger partial charge in [0.05, 0.1) is 13.4 Å². The molecule has 0 saturated heterocycles. The Morgan fingerprint density at radius 2 is 2.08 bits per heavy atom. The summed E-state index contributed by atoms with van der Waals surface area (Å²) in [6.07, 6.45) is -2.81. The van der Waals surface area contributed by atoms with E-state index in [1.165, 1.54) is 13.0 Å². The lowest BCUT2D eigenvalue weighted by atomic mass is 10.4. The van der Waals surface area contributed by atoms with Crippen LogP contribution in [0.4, 0.5) is 13.2 Å². The monoisotopic (exact) mass is 178 g/mol. The van der Waals surface area contributed by atoms with E-state index in [1.54, 1.807) is 0 Å². The number of ketones is 1. The quantitative estimate of drug-likeness (QED) is 0.343. The van der Waals surface area contributed by atoms with Crippen LogP contribution in [0.25, 0.3) is 0 Å². The molecule has 0 aliphatic rings. The van der Waals surface area contributed by atoms with Crippen LogP contribution in [0.3, 0.4) is 0 Å². The van der Waals surface area contributed by atoms with E-state index in [4.69, 9.17) is 0 Å². The maximum atomic E-state index is 11.5. The Labute approximate surface area is 67.0 Å². The van der Waals surface area contributed by atoms with Gasteiger partial charge in [-0.05, 0) is 5.92 Å². The van der Waals surface area contributed by atoms with E-state index < -0.39 is 12.0 Å². The molecule has 0 spiro atoms. The van der Waals surface area contributed by atoms with Crippen molar-refractivity contribution in [3.63, 3.8) is 0 Å². The van der Waals surface area contributed by atoms with Gasteiger partial charge in [0, 0.05) is 6.08 Å². The summed E-state index contributed by atoms with van der Waals surface area (Å²) in [7, 11) is 1.31. The summed E-state index contributed by atoms with van der Waals surface area (Å²) in [5, 5.41) is 0. The van der Waals surface area contributed by atoms with Crippen LogP contribution in [-0.2, 0) is 9.53 Å². The van der Waals surface area contributed by atoms with Crippen LogP contribution in [0.5, 0.6) is 0 Å². The summed E-state index contributed by atoms with van der Waals surface area (Å²) in [4.78, 5) is 10.1. The minimum atomic E-state index is -4.88. The van der Waals surface area contributed by atoms with Crippen LogP contribution in [0.15, 0.2) is 12.3 Å².